The number of nitrogens with two attached hydrogens (primary N) is 1. The van der Waals surface area contributed by atoms with Crippen LogP contribution >= 0.6 is 0 Å². The molecule has 0 saturated carbocycles. The highest BCUT2D eigenvalue weighted by atomic mass is 16.5. The zero-order valence-electron chi connectivity index (χ0n) is 10.7. The molecule has 0 unspecified atom stereocenters. The van der Waals surface area contributed by atoms with Crippen molar-refractivity contribution in [3.8, 4) is 11.8 Å². The van der Waals surface area contributed by atoms with Gasteiger partial charge in [0.15, 0.2) is 0 Å². The highest BCUT2D eigenvalue weighted by Gasteiger charge is 2.08. The second kappa shape index (κ2) is 5.98. The molecule has 0 radical (unpaired) electrons. The van der Waals surface area contributed by atoms with Crippen LogP contribution in [0.2, 0.25) is 0 Å². The van der Waals surface area contributed by atoms with Crippen LogP contribution in [0.5, 0.6) is 5.75 Å². The summed E-state index contributed by atoms with van der Waals surface area (Å²) in [5, 5.41) is 8.97. The molecule has 0 aliphatic rings. The van der Waals surface area contributed by atoms with Gasteiger partial charge in [-0.15, -0.1) is 0 Å². The molecule has 1 aromatic carbocycles. The lowest BCUT2D eigenvalue weighted by Crippen LogP contribution is -2.08. The normalized spacial score (nSPS) is 11.6. The number of aromatic nitrogens is 1. The summed E-state index contributed by atoms with van der Waals surface area (Å²) in [5.74, 6) is 0.741. The molecule has 2 rings (SSSR count). The van der Waals surface area contributed by atoms with Crippen LogP contribution in [0, 0.1) is 11.3 Å². The predicted molar refractivity (Wildman–Crippen MR) is 72.3 cm³/mol. The van der Waals surface area contributed by atoms with Crippen LogP contribution in [0.15, 0.2) is 42.6 Å². The van der Waals surface area contributed by atoms with Crippen molar-refractivity contribution in [1.82, 2.24) is 4.98 Å². The second-order valence-electron chi connectivity index (χ2n) is 4.24. The van der Waals surface area contributed by atoms with Gasteiger partial charge in [-0.3, -0.25) is 0 Å². The molecule has 1 atom stereocenters. The molecule has 2 N–H and O–H groups in total. The van der Waals surface area contributed by atoms with Gasteiger partial charge in [0.25, 0.3) is 0 Å². The molecule has 96 valence electrons. The molecule has 0 saturated heterocycles. The maximum absolute atomic E-state index is 8.97. The summed E-state index contributed by atoms with van der Waals surface area (Å²) in [7, 11) is 0. The van der Waals surface area contributed by atoms with E-state index in [1.54, 1.807) is 12.3 Å². The molecule has 2 aromatic rings. The Hall–Kier alpha value is -2.38. The molecule has 19 heavy (non-hydrogen) atoms. The molecule has 0 fully saturated rings. The number of benzene rings is 1. The Labute approximate surface area is 112 Å². The van der Waals surface area contributed by atoms with Crippen LogP contribution in [0.1, 0.15) is 29.8 Å². The van der Waals surface area contributed by atoms with Gasteiger partial charge in [-0.05, 0) is 19.1 Å². The molecule has 0 amide bonds. The minimum absolute atomic E-state index is 0.0967. The summed E-state index contributed by atoms with van der Waals surface area (Å²) in [6.45, 7) is 2.22. The van der Waals surface area contributed by atoms with E-state index in [2.05, 4.69) is 11.1 Å². The van der Waals surface area contributed by atoms with E-state index in [0.29, 0.717) is 12.3 Å². The second-order valence-corrected chi connectivity index (χ2v) is 4.24. The third-order valence-corrected chi connectivity index (χ3v) is 2.79. The first kappa shape index (κ1) is 13.1. The fraction of sp³-hybridized carbons (Fsp3) is 0.200. The lowest BCUT2D eigenvalue weighted by atomic mass is 10.1. The molecule has 0 bridgehead atoms. The van der Waals surface area contributed by atoms with E-state index in [4.69, 9.17) is 15.7 Å². The monoisotopic (exact) mass is 253 g/mol. The lowest BCUT2D eigenvalue weighted by molar-refractivity contribution is 0.300. The lowest BCUT2D eigenvalue weighted by Gasteiger charge is -2.14. The Morgan fingerprint density at radius 1 is 1.32 bits per heavy atom. The number of pyridine rings is 1. The smallest absolute Gasteiger partial charge is 0.147 e. The third-order valence-electron chi connectivity index (χ3n) is 2.79. The highest BCUT2D eigenvalue weighted by molar-refractivity contribution is 5.36. The SMILES string of the molecule is C[C@H](N)c1ccccc1OCc1cccnc1C#N. The van der Waals surface area contributed by atoms with Crippen molar-refractivity contribution < 1.29 is 4.74 Å². The average molecular weight is 253 g/mol. The van der Waals surface area contributed by atoms with Crippen molar-refractivity contribution in [2.45, 2.75) is 19.6 Å². The van der Waals surface area contributed by atoms with Crippen molar-refractivity contribution in [2.75, 3.05) is 0 Å². The Balaban J connectivity index is 2.18. The Morgan fingerprint density at radius 2 is 2.11 bits per heavy atom. The topological polar surface area (TPSA) is 71.9 Å². The molecule has 4 nitrogen and oxygen atoms in total. The number of rotatable bonds is 4. The zero-order valence-corrected chi connectivity index (χ0v) is 10.7. The minimum Gasteiger partial charge on any atom is -0.488 e. The van der Waals surface area contributed by atoms with Crippen LogP contribution in [-0.4, -0.2) is 4.98 Å². The number of nitrogens with zero attached hydrogens (tertiary/aromatic N) is 2. The summed E-state index contributed by atoms with van der Waals surface area (Å²) in [5.41, 5.74) is 8.00. The fourth-order valence-corrected chi connectivity index (χ4v) is 1.80. The van der Waals surface area contributed by atoms with Gasteiger partial charge in [-0.1, -0.05) is 24.3 Å². The first-order valence-corrected chi connectivity index (χ1v) is 6.03. The first-order chi connectivity index (χ1) is 9.22. The van der Waals surface area contributed by atoms with Crippen molar-refractivity contribution in [2.24, 2.45) is 5.73 Å². The highest BCUT2D eigenvalue weighted by Crippen LogP contribution is 2.24. The molecular formula is C15H15N3O. The van der Waals surface area contributed by atoms with E-state index in [9.17, 15) is 0 Å². The number of hydrogen-bond donors (Lipinski definition) is 1. The molecule has 1 aromatic heterocycles. The van der Waals surface area contributed by atoms with Crippen LogP contribution in [0.4, 0.5) is 0 Å². The van der Waals surface area contributed by atoms with E-state index in [1.165, 1.54) is 0 Å². The largest absolute Gasteiger partial charge is 0.488 e. The summed E-state index contributed by atoms with van der Waals surface area (Å²) < 4.78 is 5.76. The van der Waals surface area contributed by atoms with Crippen LogP contribution in [0.25, 0.3) is 0 Å². The molecule has 0 aliphatic carbocycles. The Bertz CT molecular complexity index is 602. The van der Waals surface area contributed by atoms with Crippen LogP contribution in [-0.2, 0) is 6.61 Å². The maximum atomic E-state index is 8.97. The standard InChI is InChI=1S/C15H15N3O/c1-11(17)13-6-2-3-7-15(13)19-10-12-5-4-8-18-14(12)9-16/h2-8,11H,10,17H2,1H3/t11-/m0/s1. The van der Waals surface area contributed by atoms with Gasteiger partial charge in [0.05, 0.1) is 0 Å². The molecule has 0 aliphatic heterocycles. The van der Waals surface area contributed by atoms with E-state index in [-0.39, 0.29) is 6.04 Å². The van der Waals surface area contributed by atoms with Gasteiger partial charge in [-0.25, -0.2) is 4.98 Å². The van der Waals surface area contributed by atoms with Gasteiger partial charge < -0.3 is 10.5 Å². The number of para-hydroxylation sites is 1. The van der Waals surface area contributed by atoms with Crippen molar-refractivity contribution in [3.05, 3.63) is 59.4 Å². The summed E-state index contributed by atoms with van der Waals surface area (Å²) in [4.78, 5) is 4.00. The molecular weight excluding hydrogens is 238 g/mol. The number of hydrogen-bond acceptors (Lipinski definition) is 4. The van der Waals surface area contributed by atoms with Gasteiger partial charge in [0.2, 0.25) is 0 Å². The van der Waals surface area contributed by atoms with Crippen molar-refractivity contribution in [1.29, 1.82) is 5.26 Å². The van der Waals surface area contributed by atoms with E-state index in [0.717, 1.165) is 16.9 Å². The quantitative estimate of drug-likeness (QED) is 0.908. The van der Waals surface area contributed by atoms with Gasteiger partial charge in [-0.2, -0.15) is 5.26 Å². The van der Waals surface area contributed by atoms with Crippen molar-refractivity contribution >= 4 is 0 Å². The first-order valence-electron chi connectivity index (χ1n) is 6.03. The Morgan fingerprint density at radius 3 is 2.84 bits per heavy atom. The fourth-order valence-electron chi connectivity index (χ4n) is 1.80. The predicted octanol–water partition coefficient (Wildman–Crippen LogP) is 2.55. The number of ether oxygens (including phenoxy) is 1. The van der Waals surface area contributed by atoms with Gasteiger partial charge in [0, 0.05) is 23.4 Å². The third kappa shape index (κ3) is 3.09. The molecule has 0 spiro atoms. The summed E-state index contributed by atoms with van der Waals surface area (Å²) in [6.07, 6.45) is 1.60. The Kier molecular flexibility index (Phi) is 4.11. The average Bonchev–Trinajstić information content (AvgIpc) is 2.45. The molecule has 4 heteroatoms. The van der Waals surface area contributed by atoms with E-state index >= 15 is 0 Å². The zero-order chi connectivity index (χ0) is 13.7. The van der Waals surface area contributed by atoms with Crippen molar-refractivity contribution in [3.63, 3.8) is 0 Å². The van der Waals surface area contributed by atoms with Crippen LogP contribution < -0.4 is 10.5 Å². The van der Waals surface area contributed by atoms with Gasteiger partial charge in [0.1, 0.15) is 24.1 Å². The van der Waals surface area contributed by atoms with Crippen LogP contribution in [0.3, 0.4) is 0 Å². The number of nitriles is 1. The van der Waals surface area contributed by atoms with E-state index < -0.39 is 0 Å². The maximum Gasteiger partial charge on any atom is 0.147 e. The minimum atomic E-state index is -0.0967. The summed E-state index contributed by atoms with van der Waals surface area (Å²) in [6, 6.07) is 13.2. The summed E-state index contributed by atoms with van der Waals surface area (Å²) >= 11 is 0. The van der Waals surface area contributed by atoms with Gasteiger partial charge >= 0.3 is 0 Å². The van der Waals surface area contributed by atoms with E-state index in [1.807, 2.05) is 37.3 Å². The molecule has 1 heterocycles.